The zero-order valence-electron chi connectivity index (χ0n) is 6.84. The summed E-state index contributed by atoms with van der Waals surface area (Å²) in [6, 6.07) is 2.37. The normalized spacial score (nSPS) is 8.77. The van der Waals surface area contributed by atoms with Crippen LogP contribution in [0.5, 0.6) is 0 Å². The van der Waals surface area contributed by atoms with Gasteiger partial charge in [-0.1, -0.05) is 0 Å². The fraction of sp³-hybridized carbons (Fsp3) is 0.143. The van der Waals surface area contributed by atoms with E-state index in [4.69, 9.17) is 10.0 Å². The van der Waals surface area contributed by atoms with Gasteiger partial charge in [-0.2, -0.15) is 0 Å². The highest BCUT2D eigenvalue weighted by atomic mass is 19.1. The number of alkyl halides is 1. The van der Waals surface area contributed by atoms with Crippen LogP contribution in [0.2, 0.25) is 0 Å². The number of hydrogen-bond donors (Lipinski definition) is 2. The molecule has 0 aromatic heterocycles. The predicted molar refractivity (Wildman–Crippen MR) is 43.2 cm³/mol. The minimum Gasteiger partial charge on any atom is -0.423 e. The van der Waals surface area contributed by atoms with Crippen LogP contribution in [0.4, 0.5) is 13.2 Å². The van der Waals surface area contributed by atoms with E-state index in [9.17, 15) is 13.2 Å². The fourth-order valence-corrected chi connectivity index (χ4v) is 0.724. The topological polar surface area (TPSA) is 40.5 Å². The van der Waals surface area contributed by atoms with Crippen LogP contribution in [0.15, 0.2) is 18.2 Å². The van der Waals surface area contributed by atoms with E-state index in [1.54, 1.807) is 0 Å². The molecule has 1 aromatic carbocycles. The summed E-state index contributed by atoms with van der Waals surface area (Å²) in [6.45, 7) is 0. The Balaban J connectivity index is 0.000000671. The quantitative estimate of drug-likeness (QED) is 0.625. The first kappa shape index (κ1) is 12.0. The Bertz CT molecular complexity index is 248. The number of rotatable bonds is 1. The van der Waals surface area contributed by atoms with Crippen LogP contribution < -0.4 is 5.46 Å². The first-order valence-electron chi connectivity index (χ1n) is 3.29. The van der Waals surface area contributed by atoms with Gasteiger partial charge in [0.05, 0.1) is 7.18 Å². The molecule has 0 atom stereocenters. The molecule has 0 radical (unpaired) electrons. The number of benzene rings is 1. The van der Waals surface area contributed by atoms with Crippen molar-refractivity contribution in [2.45, 2.75) is 0 Å². The van der Waals surface area contributed by atoms with Gasteiger partial charge in [-0.25, -0.2) is 8.78 Å². The van der Waals surface area contributed by atoms with E-state index in [0.717, 1.165) is 12.1 Å². The third-order valence-electron chi connectivity index (χ3n) is 1.18. The lowest BCUT2D eigenvalue weighted by Crippen LogP contribution is -2.30. The molecule has 1 aromatic rings. The summed E-state index contributed by atoms with van der Waals surface area (Å²) in [6.07, 6.45) is 0. The van der Waals surface area contributed by atoms with Crippen molar-refractivity contribution in [3.05, 3.63) is 29.8 Å². The average Bonchev–Trinajstić information content (AvgIpc) is 2.06. The average molecular weight is 192 g/mol. The van der Waals surface area contributed by atoms with Crippen LogP contribution >= 0.6 is 0 Å². The van der Waals surface area contributed by atoms with Crippen LogP contribution in [-0.4, -0.2) is 24.3 Å². The van der Waals surface area contributed by atoms with Gasteiger partial charge in [0.25, 0.3) is 0 Å². The lowest BCUT2D eigenvalue weighted by Gasteiger charge is -1.98. The lowest BCUT2D eigenvalue weighted by atomic mass is 9.80. The zero-order valence-corrected chi connectivity index (χ0v) is 6.84. The molecular weight excluding hydrogens is 184 g/mol. The molecule has 13 heavy (non-hydrogen) atoms. The van der Waals surface area contributed by atoms with Crippen LogP contribution in [0, 0.1) is 11.6 Å². The Morgan fingerprint density at radius 3 is 1.69 bits per heavy atom. The molecular formula is C7H8BF3O2. The highest BCUT2D eigenvalue weighted by Crippen LogP contribution is 1.99. The third-order valence-corrected chi connectivity index (χ3v) is 1.18. The third kappa shape index (κ3) is 3.96. The second-order valence-electron chi connectivity index (χ2n) is 2.08. The standard InChI is InChI=1S/C6H5BF2O2.CH3F/c8-5-1-4(7(10)11)2-6(9)3-5;1-2/h1-3,10-11H;1H3. The van der Waals surface area contributed by atoms with Crippen molar-refractivity contribution in [2.24, 2.45) is 0 Å². The summed E-state index contributed by atoms with van der Waals surface area (Å²) >= 11 is 0. The minimum absolute atomic E-state index is 0.192. The van der Waals surface area contributed by atoms with Gasteiger partial charge >= 0.3 is 7.12 Å². The molecule has 1 rings (SSSR count). The molecule has 0 spiro atoms. The summed E-state index contributed by atoms with van der Waals surface area (Å²) < 4.78 is 34.2. The maximum absolute atomic E-state index is 12.3. The van der Waals surface area contributed by atoms with Crippen LogP contribution in [0.3, 0.4) is 0 Å². The summed E-state index contributed by atoms with van der Waals surface area (Å²) in [5.74, 6) is -1.65. The van der Waals surface area contributed by atoms with E-state index in [-0.39, 0.29) is 5.46 Å². The molecule has 2 nitrogen and oxygen atoms in total. The molecule has 0 aliphatic rings. The van der Waals surface area contributed by atoms with Gasteiger partial charge in [-0.05, 0) is 17.6 Å². The van der Waals surface area contributed by atoms with Gasteiger partial charge in [0.15, 0.2) is 0 Å². The summed E-state index contributed by atoms with van der Waals surface area (Å²) in [5, 5.41) is 17.0. The SMILES string of the molecule is CF.OB(O)c1cc(F)cc(F)c1. The van der Waals surface area contributed by atoms with Crippen molar-refractivity contribution in [1.29, 1.82) is 0 Å². The second kappa shape index (κ2) is 5.61. The van der Waals surface area contributed by atoms with Crippen molar-refractivity contribution in [2.75, 3.05) is 7.18 Å². The Kier molecular flexibility index (Phi) is 5.17. The van der Waals surface area contributed by atoms with E-state index < -0.39 is 18.8 Å². The molecule has 0 amide bonds. The number of hydrogen-bond acceptors (Lipinski definition) is 2. The molecule has 0 unspecified atom stereocenters. The Morgan fingerprint density at radius 1 is 1.00 bits per heavy atom. The molecule has 0 aliphatic carbocycles. The van der Waals surface area contributed by atoms with Crippen LogP contribution in [0.1, 0.15) is 0 Å². The molecule has 0 aliphatic heterocycles. The van der Waals surface area contributed by atoms with E-state index in [1.807, 2.05) is 0 Å². The van der Waals surface area contributed by atoms with Crippen molar-refractivity contribution >= 4 is 12.6 Å². The molecule has 2 N–H and O–H groups in total. The van der Waals surface area contributed by atoms with Crippen LogP contribution in [0.25, 0.3) is 0 Å². The highest BCUT2D eigenvalue weighted by molar-refractivity contribution is 6.58. The Hall–Kier alpha value is -1.01. The van der Waals surface area contributed by atoms with E-state index >= 15 is 0 Å². The van der Waals surface area contributed by atoms with Gasteiger partial charge < -0.3 is 10.0 Å². The molecule has 0 bridgehead atoms. The summed E-state index contributed by atoms with van der Waals surface area (Å²) in [5.41, 5.74) is -0.192. The van der Waals surface area contributed by atoms with E-state index in [1.165, 1.54) is 0 Å². The maximum Gasteiger partial charge on any atom is 0.488 e. The van der Waals surface area contributed by atoms with Gasteiger partial charge in [0.2, 0.25) is 0 Å². The summed E-state index contributed by atoms with van der Waals surface area (Å²) in [7, 11) is -1.33. The molecule has 0 saturated heterocycles. The van der Waals surface area contributed by atoms with Crippen molar-refractivity contribution in [1.82, 2.24) is 0 Å². The predicted octanol–water partition coefficient (Wildman–Crippen LogP) is 0.230. The molecule has 0 saturated carbocycles. The van der Waals surface area contributed by atoms with Crippen molar-refractivity contribution in [3.63, 3.8) is 0 Å². The molecule has 0 fully saturated rings. The van der Waals surface area contributed by atoms with Crippen LogP contribution in [-0.2, 0) is 0 Å². The summed E-state index contributed by atoms with van der Waals surface area (Å²) in [4.78, 5) is 0. The maximum atomic E-state index is 12.3. The minimum atomic E-state index is -1.83. The fourth-order valence-electron chi connectivity index (χ4n) is 0.724. The first-order valence-corrected chi connectivity index (χ1v) is 3.29. The molecule has 72 valence electrons. The van der Waals surface area contributed by atoms with Gasteiger partial charge in [-0.3, -0.25) is 4.39 Å². The van der Waals surface area contributed by atoms with E-state index in [0.29, 0.717) is 13.2 Å². The largest absolute Gasteiger partial charge is 0.488 e. The monoisotopic (exact) mass is 192 g/mol. The van der Waals surface area contributed by atoms with Crippen molar-refractivity contribution in [3.8, 4) is 0 Å². The van der Waals surface area contributed by atoms with Gasteiger partial charge in [-0.15, -0.1) is 0 Å². The second-order valence-corrected chi connectivity index (χ2v) is 2.08. The van der Waals surface area contributed by atoms with Gasteiger partial charge in [0, 0.05) is 6.07 Å². The Morgan fingerprint density at radius 2 is 1.38 bits per heavy atom. The highest BCUT2D eigenvalue weighted by Gasteiger charge is 2.12. The lowest BCUT2D eigenvalue weighted by molar-refractivity contribution is 0.425. The molecule has 0 heterocycles. The zero-order chi connectivity index (χ0) is 10.4. The van der Waals surface area contributed by atoms with E-state index in [2.05, 4.69) is 0 Å². The van der Waals surface area contributed by atoms with Gasteiger partial charge in [0.1, 0.15) is 11.6 Å². The Labute approximate surface area is 73.8 Å². The smallest absolute Gasteiger partial charge is 0.423 e. The molecule has 6 heteroatoms. The van der Waals surface area contributed by atoms with Crippen molar-refractivity contribution < 1.29 is 23.2 Å². The first-order chi connectivity index (χ1) is 6.09. The number of halogens is 3.